The number of aryl methyl sites for hydroxylation is 1. The molecule has 1 aromatic rings. The summed E-state index contributed by atoms with van der Waals surface area (Å²) in [5.41, 5.74) is 1.15. The van der Waals surface area contributed by atoms with Crippen LogP contribution in [0.5, 0.6) is 5.88 Å². The maximum absolute atomic E-state index is 5.64. The second-order valence-corrected chi connectivity index (χ2v) is 5.02. The second-order valence-electron chi connectivity index (χ2n) is 5.02. The molecule has 0 saturated heterocycles. The number of aromatic nitrogens is 2. The summed E-state index contributed by atoms with van der Waals surface area (Å²) in [5.74, 6) is 0.682. The number of nitrogens with one attached hydrogen (secondary N) is 2. The van der Waals surface area contributed by atoms with Gasteiger partial charge in [-0.2, -0.15) is 0 Å². The van der Waals surface area contributed by atoms with Crippen molar-refractivity contribution in [3.63, 3.8) is 0 Å². The summed E-state index contributed by atoms with van der Waals surface area (Å²) in [6, 6.07) is 1.91. The summed E-state index contributed by atoms with van der Waals surface area (Å²) in [5, 5.41) is 10.3. The molecule has 0 spiro atoms. The molecule has 0 atom stereocenters. The minimum Gasteiger partial charge on any atom is -0.476 e. The number of ether oxygens (including phenoxy) is 1. The number of rotatable bonds is 7. The van der Waals surface area contributed by atoms with Crippen LogP contribution in [0.2, 0.25) is 0 Å². The third-order valence-corrected chi connectivity index (χ3v) is 2.32. The van der Waals surface area contributed by atoms with Crippen molar-refractivity contribution in [1.29, 1.82) is 0 Å². The van der Waals surface area contributed by atoms with Crippen molar-refractivity contribution in [2.45, 2.75) is 34.1 Å². The lowest BCUT2D eigenvalue weighted by atomic mass is 9.95. The first kappa shape index (κ1) is 13.0. The highest BCUT2D eigenvalue weighted by atomic mass is 16.5. The van der Waals surface area contributed by atoms with E-state index in [1.807, 2.05) is 13.0 Å². The van der Waals surface area contributed by atoms with E-state index >= 15 is 0 Å². The molecule has 0 fully saturated rings. The molecule has 0 aliphatic carbocycles. The smallest absolute Gasteiger partial charge is 0.232 e. The van der Waals surface area contributed by atoms with Gasteiger partial charge < -0.3 is 10.1 Å². The third kappa shape index (κ3) is 4.66. The number of H-pyrrole nitrogens is 1. The zero-order valence-corrected chi connectivity index (χ0v) is 10.8. The van der Waals surface area contributed by atoms with E-state index in [1.54, 1.807) is 0 Å². The van der Waals surface area contributed by atoms with Crippen molar-refractivity contribution in [2.24, 2.45) is 5.41 Å². The van der Waals surface area contributed by atoms with Crippen LogP contribution in [0.15, 0.2) is 6.07 Å². The maximum Gasteiger partial charge on any atom is 0.232 e. The van der Waals surface area contributed by atoms with E-state index in [-0.39, 0.29) is 5.41 Å². The SMILES string of the molecule is CCCNCC(C)(C)COc1cc(C)[nH]n1. The molecule has 2 N–H and O–H groups in total. The van der Waals surface area contributed by atoms with Crippen LogP contribution < -0.4 is 10.1 Å². The molecule has 0 aliphatic heterocycles. The van der Waals surface area contributed by atoms with Gasteiger partial charge in [0.05, 0.1) is 6.61 Å². The fourth-order valence-corrected chi connectivity index (χ4v) is 1.39. The van der Waals surface area contributed by atoms with E-state index in [0.717, 1.165) is 25.2 Å². The first-order valence-electron chi connectivity index (χ1n) is 5.89. The van der Waals surface area contributed by atoms with Gasteiger partial charge in [-0.3, -0.25) is 5.10 Å². The number of nitrogens with zero attached hydrogens (tertiary/aromatic N) is 1. The maximum atomic E-state index is 5.64. The average Bonchev–Trinajstić information content (AvgIpc) is 2.62. The molecule has 1 heterocycles. The van der Waals surface area contributed by atoms with Gasteiger partial charge in [-0.15, -0.1) is 5.10 Å². The monoisotopic (exact) mass is 225 g/mol. The van der Waals surface area contributed by atoms with Crippen molar-refractivity contribution in [3.8, 4) is 5.88 Å². The van der Waals surface area contributed by atoms with E-state index in [4.69, 9.17) is 4.74 Å². The second kappa shape index (κ2) is 5.89. The van der Waals surface area contributed by atoms with Gasteiger partial charge in [0, 0.05) is 23.7 Å². The Morgan fingerprint density at radius 3 is 2.81 bits per heavy atom. The fraction of sp³-hybridized carbons (Fsp3) is 0.750. The molecule has 4 heteroatoms. The Morgan fingerprint density at radius 1 is 1.50 bits per heavy atom. The zero-order valence-electron chi connectivity index (χ0n) is 10.8. The minimum absolute atomic E-state index is 0.127. The molecule has 0 aliphatic rings. The number of hydrogen-bond donors (Lipinski definition) is 2. The lowest BCUT2D eigenvalue weighted by Gasteiger charge is -2.24. The van der Waals surface area contributed by atoms with E-state index in [2.05, 4.69) is 36.3 Å². The molecule has 1 aromatic heterocycles. The molecular weight excluding hydrogens is 202 g/mol. The van der Waals surface area contributed by atoms with Gasteiger partial charge >= 0.3 is 0 Å². The molecule has 0 unspecified atom stereocenters. The zero-order chi connectivity index (χ0) is 12.0. The lowest BCUT2D eigenvalue weighted by Crippen LogP contribution is -2.34. The number of aromatic amines is 1. The largest absolute Gasteiger partial charge is 0.476 e. The first-order chi connectivity index (χ1) is 7.53. The summed E-state index contributed by atoms with van der Waals surface area (Å²) in [4.78, 5) is 0. The highest BCUT2D eigenvalue weighted by Crippen LogP contribution is 2.16. The van der Waals surface area contributed by atoms with Crippen LogP contribution in [0, 0.1) is 12.3 Å². The molecule has 0 bridgehead atoms. The van der Waals surface area contributed by atoms with Crippen LogP contribution in [-0.4, -0.2) is 29.9 Å². The van der Waals surface area contributed by atoms with Crippen molar-refractivity contribution in [2.75, 3.05) is 19.7 Å². The quantitative estimate of drug-likeness (QED) is 0.699. The molecule has 16 heavy (non-hydrogen) atoms. The van der Waals surface area contributed by atoms with E-state index in [9.17, 15) is 0 Å². The van der Waals surface area contributed by atoms with Crippen molar-refractivity contribution >= 4 is 0 Å². The van der Waals surface area contributed by atoms with Gasteiger partial charge in [0.15, 0.2) is 0 Å². The predicted molar refractivity (Wildman–Crippen MR) is 65.8 cm³/mol. The van der Waals surface area contributed by atoms with Gasteiger partial charge in [0.2, 0.25) is 5.88 Å². The Morgan fingerprint density at radius 2 is 2.25 bits per heavy atom. The Hall–Kier alpha value is -1.03. The fourth-order valence-electron chi connectivity index (χ4n) is 1.39. The highest BCUT2D eigenvalue weighted by Gasteiger charge is 2.18. The summed E-state index contributed by atoms with van der Waals surface area (Å²) in [7, 11) is 0. The molecule has 1 rings (SSSR count). The van der Waals surface area contributed by atoms with Crippen LogP contribution in [0.3, 0.4) is 0 Å². The molecule has 92 valence electrons. The van der Waals surface area contributed by atoms with E-state index in [0.29, 0.717) is 12.5 Å². The summed E-state index contributed by atoms with van der Waals surface area (Å²) in [6.07, 6.45) is 1.16. The van der Waals surface area contributed by atoms with Crippen LogP contribution in [0.1, 0.15) is 32.9 Å². The molecule has 4 nitrogen and oxygen atoms in total. The van der Waals surface area contributed by atoms with E-state index in [1.165, 1.54) is 0 Å². The lowest BCUT2D eigenvalue weighted by molar-refractivity contribution is 0.171. The molecule has 0 radical (unpaired) electrons. The van der Waals surface area contributed by atoms with Crippen molar-refractivity contribution < 1.29 is 4.74 Å². The molecule has 0 saturated carbocycles. The molecule has 0 amide bonds. The predicted octanol–water partition coefficient (Wildman–Crippen LogP) is 2.12. The average molecular weight is 225 g/mol. The van der Waals surface area contributed by atoms with Gasteiger partial charge in [0.25, 0.3) is 0 Å². The summed E-state index contributed by atoms with van der Waals surface area (Å²) in [6.45, 7) is 11.2. The van der Waals surface area contributed by atoms with Crippen LogP contribution in [0.25, 0.3) is 0 Å². The third-order valence-electron chi connectivity index (χ3n) is 2.32. The van der Waals surface area contributed by atoms with Gasteiger partial charge in [-0.25, -0.2) is 0 Å². The van der Waals surface area contributed by atoms with Crippen LogP contribution in [-0.2, 0) is 0 Å². The Kier molecular flexibility index (Phi) is 4.80. The normalized spacial score (nSPS) is 11.8. The van der Waals surface area contributed by atoms with Crippen molar-refractivity contribution in [3.05, 3.63) is 11.8 Å². The highest BCUT2D eigenvalue weighted by molar-refractivity contribution is 5.12. The van der Waals surface area contributed by atoms with Gasteiger partial charge in [0.1, 0.15) is 0 Å². The topological polar surface area (TPSA) is 49.9 Å². The minimum atomic E-state index is 0.127. The Bertz CT molecular complexity index is 307. The molecule has 0 aromatic carbocycles. The summed E-state index contributed by atoms with van der Waals surface area (Å²) >= 11 is 0. The van der Waals surface area contributed by atoms with Crippen molar-refractivity contribution in [1.82, 2.24) is 15.5 Å². The standard InChI is InChI=1S/C12H23N3O/c1-5-6-13-8-12(3,4)9-16-11-7-10(2)14-15-11/h7,13H,5-6,8-9H2,1-4H3,(H,14,15). The van der Waals surface area contributed by atoms with Crippen LogP contribution >= 0.6 is 0 Å². The Balaban J connectivity index is 2.29. The van der Waals surface area contributed by atoms with Gasteiger partial charge in [-0.05, 0) is 19.9 Å². The summed E-state index contributed by atoms with van der Waals surface area (Å²) < 4.78 is 5.64. The number of hydrogen-bond acceptors (Lipinski definition) is 3. The Labute approximate surface area is 97.8 Å². The van der Waals surface area contributed by atoms with E-state index < -0.39 is 0 Å². The van der Waals surface area contributed by atoms with Crippen LogP contribution in [0.4, 0.5) is 0 Å². The van der Waals surface area contributed by atoms with Gasteiger partial charge in [-0.1, -0.05) is 20.8 Å². The first-order valence-corrected chi connectivity index (χ1v) is 5.89. The molecular formula is C12H23N3O.